The first kappa shape index (κ1) is 21.5. The van der Waals surface area contributed by atoms with E-state index in [9.17, 15) is 20.2 Å². The number of nitro benzene ring substituents is 1. The van der Waals surface area contributed by atoms with E-state index in [0.717, 1.165) is 22.5 Å². The van der Waals surface area contributed by atoms with Crippen LogP contribution in [0.5, 0.6) is 0 Å². The number of nitro groups is 1. The van der Waals surface area contributed by atoms with E-state index in [4.69, 9.17) is 0 Å². The van der Waals surface area contributed by atoms with Gasteiger partial charge >= 0.3 is 0 Å². The molecule has 0 fully saturated rings. The number of rotatable bonds is 5. The van der Waals surface area contributed by atoms with Crippen molar-refractivity contribution < 1.29 is 9.72 Å². The fourth-order valence-electron chi connectivity index (χ4n) is 3.46. The summed E-state index contributed by atoms with van der Waals surface area (Å²) in [6.45, 7) is 7.57. The maximum atomic E-state index is 12.7. The van der Waals surface area contributed by atoms with Crippen molar-refractivity contribution in [3.05, 3.63) is 92.3 Å². The van der Waals surface area contributed by atoms with Crippen molar-refractivity contribution in [1.82, 2.24) is 4.57 Å². The Morgan fingerprint density at radius 3 is 2.52 bits per heavy atom. The maximum Gasteiger partial charge on any atom is 0.271 e. The van der Waals surface area contributed by atoms with Crippen molar-refractivity contribution in [3.8, 4) is 11.8 Å². The second kappa shape index (κ2) is 8.67. The Bertz CT molecular complexity index is 1260. The van der Waals surface area contributed by atoms with Crippen LogP contribution in [-0.4, -0.2) is 15.4 Å². The number of non-ortho nitro benzene ring substituents is 1. The van der Waals surface area contributed by atoms with Crippen molar-refractivity contribution in [3.63, 3.8) is 0 Å². The molecule has 0 aliphatic carbocycles. The second-order valence-electron chi connectivity index (χ2n) is 7.31. The van der Waals surface area contributed by atoms with Crippen LogP contribution in [0.3, 0.4) is 0 Å². The number of benzene rings is 2. The zero-order chi connectivity index (χ0) is 22.7. The molecule has 156 valence electrons. The highest BCUT2D eigenvalue weighted by Crippen LogP contribution is 2.26. The number of hydrogen-bond donors (Lipinski definition) is 1. The Morgan fingerprint density at radius 1 is 1.13 bits per heavy atom. The number of anilines is 1. The first-order chi connectivity index (χ1) is 14.7. The second-order valence-corrected chi connectivity index (χ2v) is 7.31. The third kappa shape index (κ3) is 4.38. The maximum absolute atomic E-state index is 12.7. The van der Waals surface area contributed by atoms with E-state index in [1.807, 2.05) is 56.5 Å². The van der Waals surface area contributed by atoms with E-state index in [1.54, 1.807) is 18.2 Å². The van der Waals surface area contributed by atoms with Gasteiger partial charge in [-0.3, -0.25) is 14.9 Å². The molecule has 7 nitrogen and oxygen atoms in total. The smallest absolute Gasteiger partial charge is 0.271 e. The molecule has 0 unspecified atom stereocenters. The molecule has 0 atom stereocenters. The zero-order valence-electron chi connectivity index (χ0n) is 17.8. The molecule has 1 N–H and O–H groups in total. The van der Waals surface area contributed by atoms with Crippen LogP contribution in [0.15, 0.2) is 54.1 Å². The predicted molar refractivity (Wildman–Crippen MR) is 120 cm³/mol. The van der Waals surface area contributed by atoms with Crippen molar-refractivity contribution in [2.75, 3.05) is 5.32 Å². The van der Waals surface area contributed by atoms with Crippen LogP contribution in [0, 0.1) is 49.1 Å². The molecule has 7 heteroatoms. The number of carbonyl (C=O) groups excluding carboxylic acids is 1. The summed E-state index contributed by atoms with van der Waals surface area (Å²) < 4.78 is 1.86. The fourth-order valence-corrected chi connectivity index (χ4v) is 3.46. The molecule has 1 heterocycles. The summed E-state index contributed by atoms with van der Waals surface area (Å²) in [5, 5.41) is 23.5. The molecule has 0 radical (unpaired) electrons. The van der Waals surface area contributed by atoms with Gasteiger partial charge in [-0.05, 0) is 68.7 Å². The van der Waals surface area contributed by atoms with Crippen molar-refractivity contribution in [2.24, 2.45) is 0 Å². The van der Waals surface area contributed by atoms with Gasteiger partial charge in [-0.25, -0.2) is 0 Å². The molecular formula is C24H22N4O3. The van der Waals surface area contributed by atoms with E-state index in [2.05, 4.69) is 5.32 Å². The van der Waals surface area contributed by atoms with Gasteiger partial charge in [-0.2, -0.15) is 5.26 Å². The molecule has 0 aliphatic rings. The van der Waals surface area contributed by atoms with Crippen molar-refractivity contribution >= 4 is 23.4 Å². The Kier molecular flexibility index (Phi) is 6.02. The normalized spacial score (nSPS) is 11.1. The van der Waals surface area contributed by atoms with Gasteiger partial charge in [0.2, 0.25) is 0 Å². The fraction of sp³-hybridized carbons (Fsp3) is 0.167. The van der Waals surface area contributed by atoms with Gasteiger partial charge in [0.25, 0.3) is 11.6 Å². The Balaban J connectivity index is 1.97. The molecule has 0 bridgehead atoms. The van der Waals surface area contributed by atoms with Crippen molar-refractivity contribution in [1.29, 1.82) is 5.26 Å². The van der Waals surface area contributed by atoms with Gasteiger partial charge in [0.1, 0.15) is 11.6 Å². The van der Waals surface area contributed by atoms with Crippen LogP contribution in [0.2, 0.25) is 0 Å². The molecule has 0 aliphatic heterocycles. The van der Waals surface area contributed by atoms with Crippen LogP contribution in [-0.2, 0) is 4.79 Å². The highest BCUT2D eigenvalue weighted by molar-refractivity contribution is 6.10. The number of carbonyl (C=O) groups is 1. The average molecular weight is 414 g/mol. The van der Waals surface area contributed by atoms with Crippen LogP contribution in [0.1, 0.15) is 28.1 Å². The number of aromatic nitrogens is 1. The number of aryl methyl sites for hydroxylation is 2. The standard InChI is InChI=1S/C24H22N4O3/c1-15-7-5-10-23(17(15)3)26-24(29)20(14-25)12-19-11-16(2)27(18(19)4)21-8-6-9-22(13-21)28(30)31/h5-13H,1-4H3,(H,26,29)/b20-12-. The van der Waals surface area contributed by atoms with Gasteiger partial charge < -0.3 is 9.88 Å². The third-order valence-corrected chi connectivity index (χ3v) is 5.29. The lowest BCUT2D eigenvalue weighted by Crippen LogP contribution is -2.14. The van der Waals surface area contributed by atoms with Crippen molar-refractivity contribution in [2.45, 2.75) is 27.7 Å². The average Bonchev–Trinajstić information content (AvgIpc) is 3.02. The highest BCUT2D eigenvalue weighted by Gasteiger charge is 2.16. The minimum Gasteiger partial charge on any atom is -0.321 e. The molecule has 1 amide bonds. The van der Waals surface area contributed by atoms with Crippen LogP contribution >= 0.6 is 0 Å². The highest BCUT2D eigenvalue weighted by atomic mass is 16.6. The summed E-state index contributed by atoms with van der Waals surface area (Å²) in [4.78, 5) is 23.4. The summed E-state index contributed by atoms with van der Waals surface area (Å²) >= 11 is 0. The first-order valence-electron chi connectivity index (χ1n) is 9.66. The zero-order valence-corrected chi connectivity index (χ0v) is 17.8. The molecule has 1 aromatic heterocycles. The Morgan fingerprint density at radius 2 is 1.84 bits per heavy atom. The van der Waals surface area contributed by atoms with Crippen LogP contribution < -0.4 is 5.32 Å². The first-order valence-corrected chi connectivity index (χ1v) is 9.66. The monoisotopic (exact) mass is 414 g/mol. The van der Waals surface area contributed by atoms with Crippen LogP contribution in [0.25, 0.3) is 11.8 Å². The molecule has 31 heavy (non-hydrogen) atoms. The van der Waals surface area contributed by atoms with Gasteiger partial charge in [0.15, 0.2) is 0 Å². The van der Waals surface area contributed by atoms with Crippen LogP contribution in [0.4, 0.5) is 11.4 Å². The summed E-state index contributed by atoms with van der Waals surface area (Å²) in [6.07, 6.45) is 1.54. The van der Waals surface area contributed by atoms with E-state index >= 15 is 0 Å². The largest absolute Gasteiger partial charge is 0.321 e. The van der Waals surface area contributed by atoms with Gasteiger partial charge in [-0.15, -0.1) is 0 Å². The lowest BCUT2D eigenvalue weighted by Gasteiger charge is -2.10. The molecule has 3 aromatic rings. The van der Waals surface area contributed by atoms with E-state index < -0.39 is 10.8 Å². The molecule has 0 spiro atoms. The third-order valence-electron chi connectivity index (χ3n) is 5.29. The number of hydrogen-bond acceptors (Lipinski definition) is 4. The summed E-state index contributed by atoms with van der Waals surface area (Å²) in [7, 11) is 0. The number of amides is 1. The number of nitrogens with one attached hydrogen (secondary N) is 1. The minimum absolute atomic E-state index is 0.00675. The quantitative estimate of drug-likeness (QED) is 0.269. The predicted octanol–water partition coefficient (Wildman–Crippen LogP) is 5.16. The molecule has 0 saturated carbocycles. The number of nitriles is 1. The summed E-state index contributed by atoms with van der Waals surface area (Å²) in [5.74, 6) is -0.489. The Hall–Kier alpha value is -4.18. The topological polar surface area (TPSA) is 101 Å². The summed E-state index contributed by atoms with van der Waals surface area (Å²) in [5.41, 5.74) is 5.54. The SMILES string of the molecule is Cc1cccc(NC(=O)/C(C#N)=C\c2cc(C)n(-c3cccc([N+](=O)[O-])c3)c2C)c1C. The lowest BCUT2D eigenvalue weighted by atomic mass is 10.1. The molecule has 0 saturated heterocycles. The molecule has 2 aromatic carbocycles. The van der Waals surface area contributed by atoms with Gasteiger partial charge in [-0.1, -0.05) is 18.2 Å². The summed E-state index contributed by atoms with van der Waals surface area (Å²) in [6, 6.07) is 15.7. The molecule has 3 rings (SSSR count). The van der Waals surface area contributed by atoms with E-state index in [-0.39, 0.29) is 11.3 Å². The minimum atomic E-state index is -0.489. The lowest BCUT2D eigenvalue weighted by molar-refractivity contribution is -0.384. The molecular weight excluding hydrogens is 392 g/mol. The number of nitrogens with zero attached hydrogens (tertiary/aromatic N) is 3. The van der Waals surface area contributed by atoms with Gasteiger partial charge in [0, 0.05) is 29.2 Å². The Labute approximate surface area is 180 Å². The van der Waals surface area contributed by atoms with E-state index in [0.29, 0.717) is 16.9 Å². The van der Waals surface area contributed by atoms with E-state index in [1.165, 1.54) is 18.2 Å². The van der Waals surface area contributed by atoms with Gasteiger partial charge in [0.05, 0.1) is 10.6 Å².